The highest BCUT2D eigenvalue weighted by atomic mass is 16.5. The molecule has 2 atom stereocenters. The van der Waals surface area contributed by atoms with Crippen LogP contribution in [0.2, 0.25) is 0 Å². The Hall–Kier alpha value is -1.35. The predicted octanol–water partition coefficient (Wildman–Crippen LogP) is 2.15. The first kappa shape index (κ1) is 12.7. The number of aryl methyl sites for hydroxylation is 2. The SMILES string of the molecule is COC(=O)C(C)C(O)c1cc(C)ccc1C. The largest absolute Gasteiger partial charge is 0.469 e. The number of methoxy groups -OCH3 is 1. The first-order chi connectivity index (χ1) is 7.47. The summed E-state index contributed by atoms with van der Waals surface area (Å²) in [6.07, 6.45) is -0.813. The normalized spacial score (nSPS) is 14.3. The maximum Gasteiger partial charge on any atom is 0.311 e. The minimum absolute atomic E-state index is 0.395. The molecule has 0 heterocycles. The molecule has 0 saturated heterocycles. The number of carbonyl (C=O) groups excluding carboxylic acids is 1. The van der Waals surface area contributed by atoms with Crippen molar-refractivity contribution < 1.29 is 14.6 Å². The van der Waals surface area contributed by atoms with Crippen LogP contribution in [0.5, 0.6) is 0 Å². The lowest BCUT2D eigenvalue weighted by molar-refractivity contribution is -0.148. The number of ether oxygens (including phenoxy) is 1. The number of hydrogen-bond acceptors (Lipinski definition) is 3. The van der Waals surface area contributed by atoms with Crippen molar-refractivity contribution in [3.05, 3.63) is 34.9 Å². The van der Waals surface area contributed by atoms with E-state index >= 15 is 0 Å². The highest BCUT2D eigenvalue weighted by molar-refractivity contribution is 5.72. The molecule has 1 N–H and O–H groups in total. The zero-order valence-electron chi connectivity index (χ0n) is 10.2. The fourth-order valence-electron chi connectivity index (χ4n) is 1.66. The molecule has 88 valence electrons. The van der Waals surface area contributed by atoms with E-state index in [-0.39, 0.29) is 0 Å². The Labute approximate surface area is 96.1 Å². The molecule has 3 nitrogen and oxygen atoms in total. The van der Waals surface area contributed by atoms with Crippen LogP contribution in [0.25, 0.3) is 0 Å². The van der Waals surface area contributed by atoms with E-state index < -0.39 is 18.0 Å². The molecule has 0 aromatic heterocycles. The van der Waals surface area contributed by atoms with Gasteiger partial charge in [-0.15, -0.1) is 0 Å². The standard InChI is InChI=1S/C13H18O3/c1-8-5-6-9(2)11(7-8)12(14)10(3)13(15)16-4/h5-7,10,12,14H,1-4H3. The topological polar surface area (TPSA) is 46.5 Å². The molecule has 0 bridgehead atoms. The lowest BCUT2D eigenvalue weighted by atomic mass is 9.93. The summed E-state index contributed by atoms with van der Waals surface area (Å²) in [5.41, 5.74) is 2.84. The van der Waals surface area contributed by atoms with Gasteiger partial charge in [0.2, 0.25) is 0 Å². The summed E-state index contributed by atoms with van der Waals surface area (Å²) in [5.74, 6) is -0.945. The van der Waals surface area contributed by atoms with Crippen molar-refractivity contribution in [1.82, 2.24) is 0 Å². The average Bonchev–Trinajstić information content (AvgIpc) is 2.29. The zero-order chi connectivity index (χ0) is 12.3. The number of rotatable bonds is 3. The fraction of sp³-hybridized carbons (Fsp3) is 0.462. The number of carbonyl (C=O) groups is 1. The van der Waals surface area contributed by atoms with Crippen molar-refractivity contribution in [2.75, 3.05) is 7.11 Å². The predicted molar refractivity (Wildman–Crippen MR) is 62.1 cm³/mol. The summed E-state index contributed by atoms with van der Waals surface area (Å²) in [4.78, 5) is 11.3. The minimum Gasteiger partial charge on any atom is -0.469 e. The Bertz CT molecular complexity index is 385. The van der Waals surface area contributed by atoms with Crippen molar-refractivity contribution in [2.24, 2.45) is 5.92 Å². The van der Waals surface area contributed by atoms with Gasteiger partial charge in [-0.1, -0.05) is 23.8 Å². The smallest absolute Gasteiger partial charge is 0.311 e. The monoisotopic (exact) mass is 222 g/mol. The van der Waals surface area contributed by atoms with E-state index in [2.05, 4.69) is 4.74 Å². The molecule has 1 rings (SSSR count). The Morgan fingerprint density at radius 2 is 2.00 bits per heavy atom. The summed E-state index contributed by atoms with van der Waals surface area (Å²) < 4.78 is 4.63. The zero-order valence-corrected chi connectivity index (χ0v) is 10.2. The molecule has 0 aliphatic heterocycles. The van der Waals surface area contributed by atoms with E-state index in [0.29, 0.717) is 0 Å². The number of aliphatic hydroxyl groups is 1. The van der Waals surface area contributed by atoms with Gasteiger partial charge in [-0.25, -0.2) is 0 Å². The molecule has 3 heteroatoms. The molecular formula is C13H18O3. The molecule has 0 radical (unpaired) electrons. The van der Waals surface area contributed by atoms with Crippen LogP contribution in [0.15, 0.2) is 18.2 Å². The Balaban J connectivity index is 2.99. The highest BCUT2D eigenvalue weighted by Gasteiger charge is 2.25. The highest BCUT2D eigenvalue weighted by Crippen LogP contribution is 2.26. The molecule has 1 aromatic rings. The molecule has 0 aliphatic carbocycles. The Morgan fingerprint density at radius 3 is 2.56 bits per heavy atom. The third-order valence-corrected chi connectivity index (χ3v) is 2.80. The van der Waals surface area contributed by atoms with E-state index in [1.807, 2.05) is 32.0 Å². The third-order valence-electron chi connectivity index (χ3n) is 2.80. The summed E-state index contributed by atoms with van der Waals surface area (Å²) in [6, 6.07) is 5.83. The maximum atomic E-state index is 11.3. The van der Waals surface area contributed by atoms with Gasteiger partial charge in [0, 0.05) is 0 Å². The second kappa shape index (κ2) is 5.12. The number of hydrogen-bond donors (Lipinski definition) is 1. The number of aliphatic hydroxyl groups excluding tert-OH is 1. The molecule has 0 fully saturated rings. The van der Waals surface area contributed by atoms with Gasteiger partial charge in [-0.3, -0.25) is 4.79 Å². The first-order valence-electron chi connectivity index (χ1n) is 5.30. The molecular weight excluding hydrogens is 204 g/mol. The third kappa shape index (κ3) is 2.61. The van der Waals surface area contributed by atoms with Crippen molar-refractivity contribution in [2.45, 2.75) is 26.9 Å². The van der Waals surface area contributed by atoms with Crippen LogP contribution in [0.3, 0.4) is 0 Å². The summed E-state index contributed by atoms with van der Waals surface area (Å²) in [5, 5.41) is 10.1. The van der Waals surface area contributed by atoms with Gasteiger partial charge in [-0.05, 0) is 31.9 Å². The van der Waals surface area contributed by atoms with Crippen molar-refractivity contribution in [1.29, 1.82) is 0 Å². The van der Waals surface area contributed by atoms with E-state index in [0.717, 1.165) is 16.7 Å². The summed E-state index contributed by atoms with van der Waals surface area (Å²) >= 11 is 0. The molecule has 0 amide bonds. The lowest BCUT2D eigenvalue weighted by Crippen LogP contribution is -2.21. The second-order valence-electron chi connectivity index (χ2n) is 4.12. The van der Waals surface area contributed by atoms with Crippen LogP contribution in [-0.2, 0) is 9.53 Å². The molecule has 1 aromatic carbocycles. The average molecular weight is 222 g/mol. The van der Waals surface area contributed by atoms with Crippen molar-refractivity contribution in [3.63, 3.8) is 0 Å². The second-order valence-corrected chi connectivity index (χ2v) is 4.12. The molecule has 16 heavy (non-hydrogen) atoms. The first-order valence-corrected chi connectivity index (χ1v) is 5.30. The van der Waals surface area contributed by atoms with Gasteiger partial charge in [0.05, 0.1) is 19.1 Å². The fourth-order valence-corrected chi connectivity index (χ4v) is 1.66. The Morgan fingerprint density at radius 1 is 1.38 bits per heavy atom. The van der Waals surface area contributed by atoms with Crippen LogP contribution in [0, 0.1) is 19.8 Å². The van der Waals surface area contributed by atoms with Crippen LogP contribution < -0.4 is 0 Å². The van der Waals surface area contributed by atoms with Gasteiger partial charge in [0.1, 0.15) is 0 Å². The minimum atomic E-state index is -0.813. The van der Waals surface area contributed by atoms with Gasteiger partial charge in [0.15, 0.2) is 0 Å². The van der Waals surface area contributed by atoms with E-state index in [4.69, 9.17) is 0 Å². The van der Waals surface area contributed by atoms with Crippen LogP contribution in [-0.4, -0.2) is 18.2 Å². The Kier molecular flexibility index (Phi) is 4.07. The van der Waals surface area contributed by atoms with Gasteiger partial charge < -0.3 is 9.84 Å². The summed E-state index contributed by atoms with van der Waals surface area (Å²) in [7, 11) is 1.33. The maximum absolute atomic E-state index is 11.3. The van der Waals surface area contributed by atoms with Crippen LogP contribution in [0.4, 0.5) is 0 Å². The van der Waals surface area contributed by atoms with Gasteiger partial charge in [0.25, 0.3) is 0 Å². The molecule has 0 spiro atoms. The summed E-state index contributed by atoms with van der Waals surface area (Å²) in [6.45, 7) is 5.54. The van der Waals surface area contributed by atoms with E-state index in [1.54, 1.807) is 6.92 Å². The van der Waals surface area contributed by atoms with Crippen molar-refractivity contribution in [3.8, 4) is 0 Å². The lowest BCUT2D eigenvalue weighted by Gasteiger charge is -2.19. The number of benzene rings is 1. The van der Waals surface area contributed by atoms with E-state index in [1.165, 1.54) is 7.11 Å². The van der Waals surface area contributed by atoms with E-state index in [9.17, 15) is 9.90 Å². The van der Waals surface area contributed by atoms with Crippen LogP contribution in [0.1, 0.15) is 29.7 Å². The van der Waals surface area contributed by atoms with Crippen molar-refractivity contribution >= 4 is 5.97 Å². The van der Waals surface area contributed by atoms with Gasteiger partial charge in [-0.2, -0.15) is 0 Å². The van der Waals surface area contributed by atoms with Gasteiger partial charge >= 0.3 is 5.97 Å². The number of esters is 1. The molecule has 2 unspecified atom stereocenters. The quantitative estimate of drug-likeness (QED) is 0.797. The molecule has 0 aliphatic rings. The molecule has 0 saturated carbocycles. The van der Waals surface area contributed by atoms with Crippen LogP contribution >= 0.6 is 0 Å².